The van der Waals surface area contributed by atoms with Gasteiger partial charge in [0, 0.05) is 15.4 Å². The molecule has 1 amide bonds. The highest BCUT2D eigenvalue weighted by molar-refractivity contribution is 9.10. The van der Waals surface area contributed by atoms with Gasteiger partial charge < -0.3 is 10.5 Å². The Morgan fingerprint density at radius 2 is 2.00 bits per heavy atom. The number of amides is 1. The van der Waals surface area contributed by atoms with E-state index in [9.17, 15) is 4.79 Å². The molecule has 0 bridgehead atoms. The Balaban J connectivity index is 2.37. The third-order valence-electron chi connectivity index (χ3n) is 4.01. The third kappa shape index (κ3) is 3.25. The van der Waals surface area contributed by atoms with Gasteiger partial charge in [-0.05, 0) is 30.7 Å². The molecule has 0 atom stereocenters. The van der Waals surface area contributed by atoms with Crippen LogP contribution in [0.15, 0.2) is 46.9 Å². The van der Waals surface area contributed by atoms with Crippen molar-refractivity contribution in [2.24, 2.45) is 5.73 Å². The largest absolute Gasteiger partial charge is 0.494 e. The summed E-state index contributed by atoms with van der Waals surface area (Å²) in [6.07, 6.45) is 0. The average molecular weight is 413 g/mol. The first-order chi connectivity index (χ1) is 12.4. The van der Waals surface area contributed by atoms with Crippen molar-refractivity contribution >= 4 is 38.7 Å². The van der Waals surface area contributed by atoms with Crippen LogP contribution in [0.25, 0.3) is 22.2 Å². The number of rotatable bonds is 3. The van der Waals surface area contributed by atoms with Gasteiger partial charge in [0.2, 0.25) is 0 Å². The quantitative estimate of drug-likeness (QED) is 0.451. The van der Waals surface area contributed by atoms with Gasteiger partial charge in [-0.25, -0.2) is 4.98 Å². The molecule has 1 heterocycles. The fourth-order valence-electron chi connectivity index (χ4n) is 2.81. The number of nitrogens with zero attached hydrogens (tertiary/aromatic N) is 1. The summed E-state index contributed by atoms with van der Waals surface area (Å²) in [5.74, 6) is -0.347. The number of nitrogens with one attached hydrogen (secondary N) is 2. The van der Waals surface area contributed by atoms with Crippen LogP contribution >= 0.6 is 15.9 Å². The second kappa shape index (κ2) is 7.13. The monoisotopic (exact) mass is 412 g/mol. The van der Waals surface area contributed by atoms with E-state index in [0.717, 1.165) is 11.1 Å². The number of hydrogen-bond acceptors (Lipinski definition) is 4. The van der Waals surface area contributed by atoms with Gasteiger partial charge in [-0.2, -0.15) is 0 Å². The van der Waals surface area contributed by atoms with Gasteiger partial charge in [0.15, 0.2) is 5.96 Å². The molecule has 4 N–H and O–H groups in total. The number of halogens is 1. The van der Waals surface area contributed by atoms with Crippen LogP contribution < -0.4 is 15.8 Å². The van der Waals surface area contributed by atoms with Crippen LogP contribution in [0, 0.1) is 12.3 Å². The standard InChI is InChI=1S/C19H17BrN4O2/c1-10-5-3-4-6-11(10)14-9-12(18(25)24-19(21)22)16-13(20)7-8-15(26-2)17(16)23-14/h3-9H,1-2H3,(H4,21,22,24,25). The zero-order chi connectivity index (χ0) is 18.8. The molecule has 0 aliphatic heterocycles. The number of nitrogens with two attached hydrogens (primary N) is 1. The number of benzene rings is 2. The van der Waals surface area contributed by atoms with Crippen LogP contribution in [0.4, 0.5) is 0 Å². The highest BCUT2D eigenvalue weighted by Crippen LogP contribution is 2.35. The number of methoxy groups -OCH3 is 1. The zero-order valence-electron chi connectivity index (χ0n) is 14.3. The minimum atomic E-state index is -0.478. The summed E-state index contributed by atoms with van der Waals surface area (Å²) in [6.45, 7) is 1.98. The summed E-state index contributed by atoms with van der Waals surface area (Å²) < 4.78 is 6.14. The SMILES string of the molecule is COc1ccc(Br)c2c(C(=O)NC(=N)N)cc(-c3ccccc3C)nc12. The lowest BCUT2D eigenvalue weighted by molar-refractivity contribution is 0.0978. The van der Waals surface area contributed by atoms with Gasteiger partial charge in [0.1, 0.15) is 11.3 Å². The van der Waals surface area contributed by atoms with Crippen molar-refractivity contribution in [1.82, 2.24) is 10.3 Å². The first-order valence-corrected chi connectivity index (χ1v) is 8.60. The molecule has 2 aromatic carbocycles. The van der Waals surface area contributed by atoms with Gasteiger partial charge in [0.25, 0.3) is 5.91 Å². The lowest BCUT2D eigenvalue weighted by Crippen LogP contribution is -2.35. The van der Waals surface area contributed by atoms with Crippen molar-refractivity contribution in [2.45, 2.75) is 6.92 Å². The first kappa shape index (κ1) is 17.9. The number of aryl methyl sites for hydroxylation is 1. The number of ether oxygens (including phenoxy) is 1. The average Bonchev–Trinajstić information content (AvgIpc) is 2.61. The highest BCUT2D eigenvalue weighted by atomic mass is 79.9. The molecule has 3 aromatic rings. The molecule has 3 rings (SSSR count). The molecule has 0 radical (unpaired) electrons. The maximum absolute atomic E-state index is 12.7. The van der Waals surface area contributed by atoms with Crippen LogP contribution in [0.1, 0.15) is 15.9 Å². The summed E-state index contributed by atoms with van der Waals surface area (Å²) in [7, 11) is 1.56. The van der Waals surface area contributed by atoms with Crippen LogP contribution in [-0.4, -0.2) is 24.0 Å². The highest BCUT2D eigenvalue weighted by Gasteiger charge is 2.19. The normalized spacial score (nSPS) is 10.6. The van der Waals surface area contributed by atoms with E-state index in [1.54, 1.807) is 25.3 Å². The van der Waals surface area contributed by atoms with Gasteiger partial charge in [0.05, 0.1) is 18.4 Å². The summed E-state index contributed by atoms with van der Waals surface area (Å²) in [5.41, 5.74) is 8.83. The number of carbonyl (C=O) groups excluding carboxylic acids is 1. The predicted molar refractivity (Wildman–Crippen MR) is 106 cm³/mol. The predicted octanol–water partition coefficient (Wildman–Crippen LogP) is 3.60. The molecule has 0 spiro atoms. The molecule has 7 heteroatoms. The molecule has 0 aliphatic carbocycles. The van der Waals surface area contributed by atoms with Crippen molar-refractivity contribution in [2.75, 3.05) is 7.11 Å². The van der Waals surface area contributed by atoms with Crippen molar-refractivity contribution in [3.8, 4) is 17.0 Å². The van der Waals surface area contributed by atoms with Gasteiger partial charge >= 0.3 is 0 Å². The summed E-state index contributed by atoms with van der Waals surface area (Å²) >= 11 is 3.48. The Bertz CT molecular complexity index is 1030. The molecule has 26 heavy (non-hydrogen) atoms. The molecule has 6 nitrogen and oxygen atoms in total. The van der Waals surface area contributed by atoms with E-state index in [2.05, 4.69) is 21.2 Å². The molecular weight excluding hydrogens is 396 g/mol. The Hall–Kier alpha value is -2.93. The number of carbonyl (C=O) groups is 1. The van der Waals surface area contributed by atoms with Crippen molar-refractivity contribution in [3.63, 3.8) is 0 Å². The van der Waals surface area contributed by atoms with Crippen LogP contribution in [-0.2, 0) is 0 Å². The molecule has 0 saturated carbocycles. The van der Waals surface area contributed by atoms with E-state index in [4.69, 9.17) is 20.9 Å². The number of guanidine groups is 1. The fourth-order valence-corrected chi connectivity index (χ4v) is 3.34. The van der Waals surface area contributed by atoms with E-state index in [-0.39, 0.29) is 0 Å². The van der Waals surface area contributed by atoms with Gasteiger partial charge in [-0.1, -0.05) is 40.2 Å². The Labute approximate surface area is 159 Å². The van der Waals surface area contributed by atoms with Crippen molar-refractivity contribution < 1.29 is 9.53 Å². The summed E-state index contributed by atoms with van der Waals surface area (Å²) in [4.78, 5) is 17.4. The number of pyridine rings is 1. The second-order valence-electron chi connectivity index (χ2n) is 5.71. The third-order valence-corrected chi connectivity index (χ3v) is 4.67. The Morgan fingerprint density at radius 3 is 2.65 bits per heavy atom. The van der Waals surface area contributed by atoms with E-state index in [1.165, 1.54) is 0 Å². The maximum atomic E-state index is 12.7. The van der Waals surface area contributed by atoms with E-state index >= 15 is 0 Å². The van der Waals surface area contributed by atoms with E-state index < -0.39 is 11.9 Å². The zero-order valence-corrected chi connectivity index (χ0v) is 15.8. The smallest absolute Gasteiger partial charge is 0.258 e. The topological polar surface area (TPSA) is 101 Å². The number of fused-ring (bicyclic) bond motifs is 1. The molecule has 0 aliphatic rings. The summed E-state index contributed by atoms with van der Waals surface area (Å²) in [6, 6.07) is 13.1. The lowest BCUT2D eigenvalue weighted by atomic mass is 10.0. The number of hydrogen-bond donors (Lipinski definition) is 3. The number of aromatic nitrogens is 1. The molecule has 0 unspecified atom stereocenters. The molecule has 1 aromatic heterocycles. The van der Waals surface area contributed by atoms with Gasteiger partial charge in [-0.15, -0.1) is 0 Å². The second-order valence-corrected chi connectivity index (χ2v) is 6.57. The Morgan fingerprint density at radius 1 is 1.27 bits per heavy atom. The minimum absolute atomic E-state index is 0.356. The van der Waals surface area contributed by atoms with E-state index in [1.807, 2.05) is 31.2 Å². The van der Waals surface area contributed by atoms with Crippen molar-refractivity contribution in [1.29, 1.82) is 5.41 Å². The molecular formula is C19H17BrN4O2. The van der Waals surface area contributed by atoms with Crippen LogP contribution in [0.3, 0.4) is 0 Å². The minimum Gasteiger partial charge on any atom is -0.494 e. The molecule has 132 valence electrons. The summed E-state index contributed by atoms with van der Waals surface area (Å²) in [5, 5.41) is 10.3. The van der Waals surface area contributed by atoms with Gasteiger partial charge in [-0.3, -0.25) is 15.5 Å². The fraction of sp³-hybridized carbons (Fsp3) is 0.105. The molecule has 0 saturated heterocycles. The maximum Gasteiger partial charge on any atom is 0.258 e. The van der Waals surface area contributed by atoms with Crippen LogP contribution in [0.2, 0.25) is 0 Å². The molecule has 0 fully saturated rings. The Kier molecular flexibility index (Phi) is 4.90. The lowest BCUT2D eigenvalue weighted by Gasteiger charge is -2.14. The van der Waals surface area contributed by atoms with Crippen molar-refractivity contribution in [3.05, 3.63) is 58.1 Å². The van der Waals surface area contributed by atoms with E-state index in [0.29, 0.717) is 32.4 Å². The van der Waals surface area contributed by atoms with Crippen LogP contribution in [0.5, 0.6) is 5.75 Å². The first-order valence-electron chi connectivity index (χ1n) is 7.81.